The maximum atomic E-state index is 12.2. The molecule has 0 amide bonds. The maximum absolute atomic E-state index is 12.2. The van der Waals surface area contributed by atoms with E-state index in [1.54, 1.807) is 4.68 Å². The number of hydrogen-bond acceptors (Lipinski definition) is 2. The number of rotatable bonds is 1. The van der Waals surface area contributed by atoms with Crippen LogP contribution in [0, 0.1) is 6.92 Å². The molecule has 1 heterocycles. The van der Waals surface area contributed by atoms with Gasteiger partial charge in [-0.15, -0.1) is 0 Å². The van der Waals surface area contributed by atoms with Crippen LogP contribution in [0.2, 0.25) is 0 Å². The lowest BCUT2D eigenvalue weighted by Crippen LogP contribution is -2.17. The smallest absolute Gasteiger partial charge is 0.274 e. The quantitative estimate of drug-likeness (QED) is 0.776. The van der Waals surface area contributed by atoms with Crippen molar-refractivity contribution in [1.82, 2.24) is 9.78 Å². The van der Waals surface area contributed by atoms with E-state index in [4.69, 9.17) is 5.73 Å². The molecule has 3 N–H and O–H groups in total. The second kappa shape index (κ2) is 3.60. The lowest BCUT2D eigenvalue weighted by molar-refractivity contribution is 0.663. The molecule has 1 aliphatic carbocycles. The van der Waals surface area contributed by atoms with E-state index in [9.17, 15) is 4.79 Å². The van der Waals surface area contributed by atoms with Gasteiger partial charge in [-0.3, -0.25) is 9.89 Å². The van der Waals surface area contributed by atoms with Gasteiger partial charge in [-0.05, 0) is 31.9 Å². The van der Waals surface area contributed by atoms with E-state index in [1.165, 1.54) is 5.56 Å². The molecule has 0 spiro atoms. The minimum atomic E-state index is -0.0237. The number of aryl methyl sites for hydroxylation is 1. The van der Waals surface area contributed by atoms with Gasteiger partial charge >= 0.3 is 0 Å². The molecule has 4 nitrogen and oxygen atoms in total. The van der Waals surface area contributed by atoms with Crippen LogP contribution in [0.3, 0.4) is 0 Å². The molecule has 1 aromatic carbocycles. The molecule has 1 aromatic heterocycles. The Morgan fingerprint density at radius 3 is 2.71 bits per heavy atom. The third-order valence-electron chi connectivity index (χ3n) is 3.39. The molecule has 0 fully saturated rings. The molecule has 0 radical (unpaired) electrons. The summed E-state index contributed by atoms with van der Waals surface area (Å²) < 4.78 is 1.59. The van der Waals surface area contributed by atoms with Gasteiger partial charge in [-0.25, -0.2) is 4.68 Å². The summed E-state index contributed by atoms with van der Waals surface area (Å²) in [6.45, 7) is 2.02. The Morgan fingerprint density at radius 1 is 1.35 bits per heavy atom. The normalized spacial score (nSPS) is 18.4. The number of nitrogens with one attached hydrogen (secondary N) is 1. The first-order valence-corrected chi connectivity index (χ1v) is 5.83. The number of aromatic nitrogens is 2. The number of hydrogen-bond donors (Lipinski definition) is 2. The van der Waals surface area contributed by atoms with Crippen molar-refractivity contribution in [3.05, 3.63) is 51.4 Å². The molecule has 0 bridgehead atoms. The second-order valence-electron chi connectivity index (χ2n) is 4.63. The van der Waals surface area contributed by atoms with Crippen LogP contribution < -0.4 is 11.3 Å². The molecule has 0 saturated carbocycles. The Balaban J connectivity index is 2.14. The van der Waals surface area contributed by atoms with Crippen LogP contribution in [0.15, 0.2) is 29.1 Å². The van der Waals surface area contributed by atoms with E-state index in [0.29, 0.717) is 0 Å². The van der Waals surface area contributed by atoms with E-state index >= 15 is 0 Å². The highest BCUT2D eigenvalue weighted by Crippen LogP contribution is 2.25. The zero-order chi connectivity index (χ0) is 12.0. The first-order valence-electron chi connectivity index (χ1n) is 5.83. The lowest BCUT2D eigenvalue weighted by Gasteiger charge is -2.05. The summed E-state index contributed by atoms with van der Waals surface area (Å²) in [6, 6.07) is 7.84. The van der Waals surface area contributed by atoms with Crippen LogP contribution in [0.4, 0.5) is 0 Å². The van der Waals surface area contributed by atoms with E-state index in [2.05, 4.69) is 5.10 Å². The van der Waals surface area contributed by atoms with Gasteiger partial charge < -0.3 is 5.73 Å². The Bertz CT molecular complexity index is 607. The number of nitrogens with zero attached hydrogens (tertiary/aromatic N) is 1. The number of nitrogens with two attached hydrogens (primary N) is 1. The summed E-state index contributed by atoms with van der Waals surface area (Å²) in [7, 11) is 0. The summed E-state index contributed by atoms with van der Waals surface area (Å²) in [5, 5.41) is 3.13. The fourth-order valence-electron chi connectivity index (χ4n) is 2.36. The van der Waals surface area contributed by atoms with Crippen LogP contribution in [-0.2, 0) is 6.42 Å². The summed E-state index contributed by atoms with van der Waals surface area (Å²) >= 11 is 0. The molecule has 1 atom stereocenters. The van der Waals surface area contributed by atoms with E-state index in [0.717, 1.165) is 29.8 Å². The second-order valence-corrected chi connectivity index (χ2v) is 4.63. The molecule has 3 rings (SSSR count). The van der Waals surface area contributed by atoms with Crippen LogP contribution in [-0.4, -0.2) is 9.78 Å². The lowest BCUT2D eigenvalue weighted by atomic mass is 10.2. The molecular weight excluding hydrogens is 214 g/mol. The highest BCUT2D eigenvalue weighted by atomic mass is 16.1. The number of aromatic amines is 1. The minimum Gasteiger partial charge on any atom is -0.323 e. The average molecular weight is 229 g/mol. The van der Waals surface area contributed by atoms with Crippen molar-refractivity contribution >= 4 is 0 Å². The molecule has 4 heteroatoms. The van der Waals surface area contributed by atoms with Crippen LogP contribution in [0.5, 0.6) is 0 Å². The predicted molar refractivity (Wildman–Crippen MR) is 66.4 cm³/mol. The van der Waals surface area contributed by atoms with E-state index in [1.807, 2.05) is 31.2 Å². The predicted octanol–water partition coefficient (Wildman–Crippen LogP) is 1.42. The zero-order valence-corrected chi connectivity index (χ0v) is 9.73. The van der Waals surface area contributed by atoms with Crippen LogP contribution >= 0.6 is 0 Å². The SMILES string of the molecule is Cc1ccc(-n2[nH]c3c(c2=O)CCC3N)cc1. The summed E-state index contributed by atoms with van der Waals surface area (Å²) in [6.07, 6.45) is 1.65. The number of fused-ring (bicyclic) bond motifs is 1. The average Bonchev–Trinajstić information content (AvgIpc) is 2.83. The highest BCUT2D eigenvalue weighted by molar-refractivity contribution is 5.37. The molecule has 88 valence electrons. The number of benzene rings is 1. The Kier molecular flexibility index (Phi) is 2.19. The summed E-state index contributed by atoms with van der Waals surface area (Å²) in [5.41, 5.74) is 9.77. The molecule has 1 aliphatic rings. The molecule has 2 aromatic rings. The van der Waals surface area contributed by atoms with E-state index in [-0.39, 0.29) is 11.6 Å². The first-order chi connectivity index (χ1) is 8.16. The highest BCUT2D eigenvalue weighted by Gasteiger charge is 2.25. The maximum Gasteiger partial charge on any atom is 0.274 e. The fraction of sp³-hybridized carbons (Fsp3) is 0.308. The third-order valence-corrected chi connectivity index (χ3v) is 3.39. The zero-order valence-electron chi connectivity index (χ0n) is 9.73. The van der Waals surface area contributed by atoms with Gasteiger partial charge in [-0.1, -0.05) is 17.7 Å². The summed E-state index contributed by atoms with van der Waals surface area (Å²) in [5.74, 6) is 0. The molecule has 0 aliphatic heterocycles. The third kappa shape index (κ3) is 1.52. The minimum absolute atomic E-state index is 0.0237. The fourth-order valence-corrected chi connectivity index (χ4v) is 2.36. The number of H-pyrrole nitrogens is 1. The first kappa shape index (κ1) is 10.4. The largest absolute Gasteiger partial charge is 0.323 e. The van der Waals surface area contributed by atoms with Gasteiger partial charge in [0, 0.05) is 11.6 Å². The van der Waals surface area contributed by atoms with Crippen LogP contribution in [0.25, 0.3) is 5.69 Å². The Morgan fingerprint density at radius 2 is 2.06 bits per heavy atom. The van der Waals surface area contributed by atoms with Crippen molar-refractivity contribution in [3.8, 4) is 5.69 Å². The van der Waals surface area contributed by atoms with Crippen LogP contribution in [0.1, 0.15) is 29.3 Å². The standard InChI is InChI=1S/C13H15N3O/c1-8-2-4-9(5-3-8)16-13(17)10-6-7-11(14)12(10)15-16/h2-5,11,15H,6-7,14H2,1H3. The molecule has 1 unspecified atom stereocenters. The monoisotopic (exact) mass is 229 g/mol. The summed E-state index contributed by atoms with van der Waals surface area (Å²) in [4.78, 5) is 12.2. The van der Waals surface area contributed by atoms with Crippen molar-refractivity contribution in [1.29, 1.82) is 0 Å². The van der Waals surface area contributed by atoms with Crippen molar-refractivity contribution in [2.24, 2.45) is 5.73 Å². The van der Waals surface area contributed by atoms with Gasteiger partial charge in [-0.2, -0.15) is 0 Å². The topological polar surface area (TPSA) is 63.8 Å². The van der Waals surface area contributed by atoms with Crippen molar-refractivity contribution < 1.29 is 0 Å². The molecule has 17 heavy (non-hydrogen) atoms. The van der Waals surface area contributed by atoms with Crippen molar-refractivity contribution in [2.75, 3.05) is 0 Å². The Hall–Kier alpha value is -1.81. The molecule has 0 saturated heterocycles. The van der Waals surface area contributed by atoms with E-state index < -0.39 is 0 Å². The van der Waals surface area contributed by atoms with Gasteiger partial charge in [0.1, 0.15) is 0 Å². The van der Waals surface area contributed by atoms with Gasteiger partial charge in [0.05, 0.1) is 11.4 Å². The van der Waals surface area contributed by atoms with Gasteiger partial charge in [0.15, 0.2) is 0 Å². The molecular formula is C13H15N3O. The van der Waals surface area contributed by atoms with Gasteiger partial charge in [0.25, 0.3) is 5.56 Å². The van der Waals surface area contributed by atoms with Crippen molar-refractivity contribution in [2.45, 2.75) is 25.8 Å². The van der Waals surface area contributed by atoms with Crippen molar-refractivity contribution in [3.63, 3.8) is 0 Å². The Labute approximate surface area is 99.1 Å². The van der Waals surface area contributed by atoms with Gasteiger partial charge in [0.2, 0.25) is 0 Å².